The summed E-state index contributed by atoms with van der Waals surface area (Å²) in [5.41, 5.74) is 0.658. The number of hydrogen-bond acceptors (Lipinski definition) is 8. The van der Waals surface area contributed by atoms with Crippen LogP contribution in [0.1, 0.15) is 37.9 Å². The zero-order valence-electron chi connectivity index (χ0n) is 20.6. The second-order valence-electron chi connectivity index (χ2n) is 9.57. The van der Waals surface area contributed by atoms with Crippen LogP contribution in [0.3, 0.4) is 0 Å². The normalized spacial score (nSPS) is 22.5. The van der Waals surface area contributed by atoms with E-state index in [2.05, 4.69) is 37.0 Å². The van der Waals surface area contributed by atoms with Gasteiger partial charge in [-0.05, 0) is 44.1 Å². The van der Waals surface area contributed by atoms with Crippen LogP contribution in [0.4, 0.5) is 20.7 Å². The molecule has 0 spiro atoms. The molecular weight excluding hydrogens is 515 g/mol. The van der Waals surface area contributed by atoms with Crippen LogP contribution in [0, 0.1) is 40.8 Å². The molecular formula is C25H24ClFN8O3. The number of nitriles is 1. The smallest absolute Gasteiger partial charge is 0.413 e. The number of aryl methyl sites for hydroxylation is 1. The van der Waals surface area contributed by atoms with Gasteiger partial charge in [-0.1, -0.05) is 22.9 Å². The molecule has 3 fully saturated rings. The number of nitrogens with zero attached hydrogens (tertiary/aromatic N) is 6. The minimum atomic E-state index is -0.810. The van der Waals surface area contributed by atoms with Crippen LogP contribution in [0.25, 0.3) is 11.4 Å². The van der Waals surface area contributed by atoms with Gasteiger partial charge in [-0.3, -0.25) is 15.1 Å². The van der Waals surface area contributed by atoms with Crippen molar-refractivity contribution >= 4 is 35.1 Å². The molecule has 3 atom stereocenters. The van der Waals surface area contributed by atoms with Gasteiger partial charge < -0.3 is 10.1 Å². The van der Waals surface area contributed by atoms with E-state index >= 15 is 4.39 Å². The highest BCUT2D eigenvalue weighted by Gasteiger charge is 2.48. The van der Waals surface area contributed by atoms with Crippen LogP contribution in [-0.2, 0) is 16.6 Å². The Hall–Kier alpha value is -4.11. The molecule has 0 aromatic carbocycles. The molecule has 3 aromatic heterocycles. The van der Waals surface area contributed by atoms with Crippen LogP contribution in [0.2, 0.25) is 5.15 Å². The Balaban J connectivity index is 1.28. The van der Waals surface area contributed by atoms with Gasteiger partial charge >= 0.3 is 6.09 Å². The van der Waals surface area contributed by atoms with Crippen molar-refractivity contribution in [3.8, 4) is 17.5 Å². The molecule has 0 saturated heterocycles. The largest absolute Gasteiger partial charge is 0.441 e. The number of pyridine rings is 2. The number of hydrogen-bond donors (Lipinski definition) is 2. The van der Waals surface area contributed by atoms with Gasteiger partial charge in [-0.2, -0.15) is 5.26 Å². The number of nitrogens with one attached hydrogen (secondary N) is 2. The van der Waals surface area contributed by atoms with Crippen LogP contribution < -0.4 is 10.6 Å². The number of carbonyl (C=O) groups excluding carboxylic acids is 2. The summed E-state index contributed by atoms with van der Waals surface area (Å²) in [5, 5.41) is 22.6. The fourth-order valence-corrected chi connectivity index (χ4v) is 5.38. The number of aromatic nitrogens is 5. The molecule has 38 heavy (non-hydrogen) atoms. The van der Waals surface area contributed by atoms with E-state index in [4.69, 9.17) is 16.3 Å². The maximum Gasteiger partial charge on any atom is 0.413 e. The van der Waals surface area contributed by atoms with E-state index in [1.807, 2.05) is 0 Å². The van der Waals surface area contributed by atoms with E-state index in [9.17, 15) is 14.9 Å². The van der Waals surface area contributed by atoms with Crippen molar-refractivity contribution < 1.29 is 18.7 Å². The van der Waals surface area contributed by atoms with Gasteiger partial charge in [-0.15, -0.1) is 5.10 Å². The molecule has 3 aliphatic carbocycles. The SMILES string of the molecule is C[C@@H](OC(=O)Nc1c(-c2cc(F)c(NC(=O)C3CC(C#N)C4CC3C4)cn2)nnn1C)c1cccnc1Cl. The molecule has 2 amide bonds. The first-order valence-corrected chi connectivity index (χ1v) is 12.5. The first-order valence-electron chi connectivity index (χ1n) is 12.1. The molecule has 3 aromatic rings. The number of fused-ring (bicyclic) bond motifs is 2. The Kier molecular flexibility index (Phi) is 6.94. The van der Waals surface area contributed by atoms with Crippen LogP contribution in [0.15, 0.2) is 30.6 Å². The molecule has 3 aliphatic rings. The molecule has 0 aliphatic heterocycles. The third kappa shape index (κ3) is 4.89. The quantitative estimate of drug-likeness (QED) is 0.436. The van der Waals surface area contributed by atoms with Crippen molar-refractivity contribution in [3.63, 3.8) is 0 Å². The highest BCUT2D eigenvalue weighted by Crippen LogP contribution is 2.52. The van der Waals surface area contributed by atoms with E-state index < -0.39 is 18.0 Å². The monoisotopic (exact) mass is 538 g/mol. The fourth-order valence-electron chi connectivity index (χ4n) is 5.10. The van der Waals surface area contributed by atoms with E-state index in [-0.39, 0.29) is 51.7 Å². The maximum atomic E-state index is 15.0. The van der Waals surface area contributed by atoms with Crippen molar-refractivity contribution in [1.82, 2.24) is 25.0 Å². The highest BCUT2D eigenvalue weighted by atomic mass is 35.5. The summed E-state index contributed by atoms with van der Waals surface area (Å²) in [5.74, 6) is -0.766. The molecule has 2 N–H and O–H groups in total. The lowest BCUT2D eigenvalue weighted by Gasteiger charge is -2.48. The summed E-state index contributed by atoms with van der Waals surface area (Å²) < 4.78 is 21.7. The Morgan fingerprint density at radius 2 is 2.05 bits per heavy atom. The zero-order valence-corrected chi connectivity index (χ0v) is 21.3. The summed E-state index contributed by atoms with van der Waals surface area (Å²) in [6, 6.07) is 6.76. The minimum Gasteiger partial charge on any atom is -0.441 e. The van der Waals surface area contributed by atoms with E-state index in [1.165, 1.54) is 17.1 Å². The second kappa shape index (κ2) is 10.3. The minimum absolute atomic E-state index is 0.0753. The van der Waals surface area contributed by atoms with Gasteiger partial charge in [0.25, 0.3) is 0 Å². The summed E-state index contributed by atoms with van der Waals surface area (Å²) in [7, 11) is 1.54. The van der Waals surface area contributed by atoms with Gasteiger partial charge in [0.15, 0.2) is 17.3 Å². The highest BCUT2D eigenvalue weighted by molar-refractivity contribution is 6.30. The first-order chi connectivity index (χ1) is 18.2. The lowest BCUT2D eigenvalue weighted by atomic mass is 9.55. The van der Waals surface area contributed by atoms with Crippen molar-refractivity contribution in [2.75, 3.05) is 10.6 Å². The number of anilines is 2. The third-order valence-electron chi connectivity index (χ3n) is 7.27. The van der Waals surface area contributed by atoms with Gasteiger partial charge in [0.05, 0.1) is 23.6 Å². The molecule has 6 rings (SSSR count). The summed E-state index contributed by atoms with van der Waals surface area (Å²) >= 11 is 6.07. The Morgan fingerprint density at radius 1 is 1.26 bits per heavy atom. The molecule has 2 bridgehead atoms. The fraction of sp³-hybridized carbons (Fsp3) is 0.400. The number of carbonyl (C=O) groups is 2. The topological polar surface area (TPSA) is 148 Å². The van der Waals surface area contributed by atoms with Gasteiger partial charge in [0.1, 0.15) is 11.3 Å². The van der Waals surface area contributed by atoms with Crippen molar-refractivity contribution in [3.05, 3.63) is 47.1 Å². The lowest BCUT2D eigenvalue weighted by Crippen LogP contribution is -2.46. The lowest BCUT2D eigenvalue weighted by molar-refractivity contribution is -0.127. The van der Waals surface area contributed by atoms with Crippen LogP contribution in [-0.4, -0.2) is 37.0 Å². The Labute approximate surface area is 222 Å². The van der Waals surface area contributed by atoms with Crippen LogP contribution >= 0.6 is 11.6 Å². The number of ether oxygens (including phenoxy) is 1. The molecule has 2 unspecified atom stereocenters. The second-order valence-corrected chi connectivity index (χ2v) is 9.93. The van der Waals surface area contributed by atoms with E-state index in [0.717, 1.165) is 18.9 Å². The summed E-state index contributed by atoms with van der Waals surface area (Å²) in [4.78, 5) is 33.6. The van der Waals surface area contributed by atoms with E-state index in [1.54, 1.807) is 26.1 Å². The number of halogens is 2. The van der Waals surface area contributed by atoms with Gasteiger partial charge in [0.2, 0.25) is 5.91 Å². The predicted molar refractivity (Wildman–Crippen MR) is 134 cm³/mol. The molecule has 11 nitrogen and oxygen atoms in total. The van der Waals surface area contributed by atoms with E-state index in [0.29, 0.717) is 17.9 Å². The van der Waals surface area contributed by atoms with Gasteiger partial charge in [0, 0.05) is 36.7 Å². The summed E-state index contributed by atoms with van der Waals surface area (Å²) in [6.45, 7) is 1.64. The Morgan fingerprint density at radius 3 is 2.76 bits per heavy atom. The van der Waals surface area contributed by atoms with Crippen molar-refractivity contribution in [1.29, 1.82) is 5.26 Å². The number of amides is 2. The predicted octanol–water partition coefficient (Wildman–Crippen LogP) is 4.50. The number of rotatable bonds is 6. The van der Waals surface area contributed by atoms with Crippen molar-refractivity contribution in [2.45, 2.75) is 32.3 Å². The molecule has 3 saturated carbocycles. The van der Waals surface area contributed by atoms with Crippen LogP contribution in [0.5, 0.6) is 0 Å². The Bertz CT molecular complexity index is 1430. The first kappa shape index (κ1) is 25.5. The average Bonchev–Trinajstić information content (AvgIpc) is 3.23. The molecule has 3 heterocycles. The molecule has 0 radical (unpaired) electrons. The molecule has 196 valence electrons. The van der Waals surface area contributed by atoms with Crippen molar-refractivity contribution in [2.24, 2.45) is 30.7 Å². The maximum absolute atomic E-state index is 15.0. The molecule has 13 heteroatoms. The average molecular weight is 539 g/mol. The standard InChI is InChI=1S/C25H24ClFN8O3/c1-12(16-4-3-5-29-22(16)26)38-25(37)32-23-21(33-34-35(23)2)19-9-18(27)20(11-30-19)31-24(36)17-8-15(10-28)13-6-14(17)7-13/h3-5,9,11-15,17H,6-8H2,1-2H3,(H,31,36)(H,32,37)/t12-,13?,14?,15?,17?/m1/s1. The summed E-state index contributed by atoms with van der Waals surface area (Å²) in [6.07, 6.45) is 3.41. The zero-order chi connectivity index (χ0) is 27.0. The third-order valence-corrected chi connectivity index (χ3v) is 7.59. The van der Waals surface area contributed by atoms with Gasteiger partial charge in [-0.25, -0.2) is 18.9 Å².